The molecule has 6 heteroatoms. The lowest BCUT2D eigenvalue weighted by Crippen LogP contribution is -2.30. The zero-order valence-electron chi connectivity index (χ0n) is 9.48. The number of hydrogen-bond donors (Lipinski definition) is 0. The summed E-state index contributed by atoms with van der Waals surface area (Å²) >= 11 is 5.69. The predicted octanol–water partition coefficient (Wildman–Crippen LogP) is 1.50. The van der Waals surface area contributed by atoms with Gasteiger partial charge in [-0.3, -0.25) is 0 Å². The van der Waals surface area contributed by atoms with Crippen LogP contribution >= 0.6 is 11.6 Å². The molecule has 1 aliphatic heterocycles. The lowest BCUT2D eigenvalue weighted by molar-refractivity contribution is -0.0314. The summed E-state index contributed by atoms with van der Waals surface area (Å²) in [7, 11) is 0. The van der Waals surface area contributed by atoms with E-state index in [1.54, 1.807) is 13.1 Å². The molecular weight excluding hydrogens is 244 g/mol. The second-order valence-corrected chi connectivity index (χ2v) is 4.18. The topological polar surface area (TPSA) is 61.3 Å². The van der Waals surface area contributed by atoms with Gasteiger partial charge in [-0.15, -0.1) is 0 Å². The van der Waals surface area contributed by atoms with Gasteiger partial charge in [0, 0.05) is 17.7 Å². The molecule has 5 nitrogen and oxygen atoms in total. The van der Waals surface area contributed by atoms with Gasteiger partial charge in [0.2, 0.25) is 5.28 Å². The number of ether oxygens (including phenoxy) is 2. The number of aromatic nitrogens is 2. The zero-order chi connectivity index (χ0) is 12.3. The first-order valence-electron chi connectivity index (χ1n) is 5.47. The highest BCUT2D eigenvalue weighted by Gasteiger charge is 2.23. The third-order valence-corrected chi connectivity index (χ3v) is 2.70. The minimum absolute atomic E-state index is 0.0571. The van der Waals surface area contributed by atoms with Gasteiger partial charge >= 0.3 is 5.97 Å². The highest BCUT2D eigenvalue weighted by atomic mass is 35.5. The quantitative estimate of drug-likeness (QED) is 0.603. The average Bonchev–Trinajstić information content (AvgIpc) is 2.25. The minimum Gasteiger partial charge on any atom is -0.461 e. The van der Waals surface area contributed by atoms with Crippen molar-refractivity contribution in [3.8, 4) is 0 Å². The fraction of sp³-hybridized carbons (Fsp3) is 0.545. The van der Waals surface area contributed by atoms with Crippen molar-refractivity contribution in [3.05, 3.63) is 22.7 Å². The van der Waals surface area contributed by atoms with E-state index < -0.39 is 5.97 Å². The van der Waals surface area contributed by atoms with Crippen LogP contribution in [-0.2, 0) is 15.9 Å². The van der Waals surface area contributed by atoms with E-state index in [0.29, 0.717) is 32.2 Å². The van der Waals surface area contributed by atoms with Crippen molar-refractivity contribution in [2.45, 2.75) is 13.3 Å². The van der Waals surface area contributed by atoms with Crippen LogP contribution in [0.1, 0.15) is 23.0 Å². The van der Waals surface area contributed by atoms with Crippen LogP contribution in [0, 0.1) is 5.92 Å². The molecule has 1 saturated heterocycles. The Labute approximate surface area is 104 Å². The van der Waals surface area contributed by atoms with Gasteiger partial charge in [-0.05, 0) is 24.9 Å². The van der Waals surface area contributed by atoms with E-state index in [9.17, 15) is 4.79 Å². The standard InChI is InChI=1S/C11H13ClN2O3/c1-2-17-10(15)9-8(3-7-5-16-6-7)4-13-11(12)14-9/h4,7H,2-3,5-6H2,1H3. The molecule has 0 N–H and O–H groups in total. The van der Waals surface area contributed by atoms with Crippen LogP contribution in [0.25, 0.3) is 0 Å². The number of hydrogen-bond acceptors (Lipinski definition) is 5. The van der Waals surface area contributed by atoms with Gasteiger partial charge in [-0.25, -0.2) is 14.8 Å². The van der Waals surface area contributed by atoms with E-state index in [0.717, 1.165) is 5.56 Å². The molecule has 0 spiro atoms. The molecule has 0 aliphatic carbocycles. The predicted molar refractivity (Wildman–Crippen MR) is 61.0 cm³/mol. The minimum atomic E-state index is -0.452. The monoisotopic (exact) mass is 256 g/mol. The summed E-state index contributed by atoms with van der Waals surface area (Å²) in [5, 5.41) is 0.0571. The van der Waals surface area contributed by atoms with Gasteiger partial charge in [0.1, 0.15) is 0 Å². The van der Waals surface area contributed by atoms with Crippen LogP contribution in [0.2, 0.25) is 5.28 Å². The van der Waals surface area contributed by atoms with E-state index in [-0.39, 0.29) is 11.0 Å². The first kappa shape index (κ1) is 12.3. The molecule has 0 saturated carbocycles. The maximum absolute atomic E-state index is 11.7. The van der Waals surface area contributed by atoms with Crippen molar-refractivity contribution in [1.82, 2.24) is 9.97 Å². The van der Waals surface area contributed by atoms with Crippen molar-refractivity contribution in [2.24, 2.45) is 5.92 Å². The van der Waals surface area contributed by atoms with E-state index in [4.69, 9.17) is 21.1 Å². The van der Waals surface area contributed by atoms with Crippen LogP contribution < -0.4 is 0 Å². The summed E-state index contributed by atoms with van der Waals surface area (Å²) in [6, 6.07) is 0. The Hall–Kier alpha value is -1.20. The Bertz CT molecular complexity index is 421. The molecule has 92 valence electrons. The molecule has 17 heavy (non-hydrogen) atoms. The summed E-state index contributed by atoms with van der Waals surface area (Å²) in [5.74, 6) is -0.0278. The highest BCUT2D eigenvalue weighted by molar-refractivity contribution is 6.28. The average molecular weight is 257 g/mol. The van der Waals surface area contributed by atoms with Crippen LogP contribution in [0.4, 0.5) is 0 Å². The summed E-state index contributed by atoms with van der Waals surface area (Å²) in [6.07, 6.45) is 2.30. The smallest absolute Gasteiger partial charge is 0.357 e. The molecule has 2 rings (SSSR count). The van der Waals surface area contributed by atoms with Crippen molar-refractivity contribution in [2.75, 3.05) is 19.8 Å². The van der Waals surface area contributed by atoms with Crippen molar-refractivity contribution in [3.63, 3.8) is 0 Å². The summed E-state index contributed by atoms with van der Waals surface area (Å²) < 4.78 is 10.0. The zero-order valence-corrected chi connectivity index (χ0v) is 10.2. The van der Waals surface area contributed by atoms with Gasteiger partial charge in [0.05, 0.1) is 19.8 Å². The first-order valence-corrected chi connectivity index (χ1v) is 5.84. The lowest BCUT2D eigenvalue weighted by Gasteiger charge is -2.26. The van der Waals surface area contributed by atoms with Crippen molar-refractivity contribution >= 4 is 17.6 Å². The van der Waals surface area contributed by atoms with Gasteiger partial charge in [0.15, 0.2) is 5.69 Å². The second-order valence-electron chi connectivity index (χ2n) is 3.84. The molecule has 0 unspecified atom stereocenters. The fourth-order valence-corrected chi connectivity index (χ4v) is 1.76. The molecule has 1 aromatic rings. The molecule has 0 radical (unpaired) electrons. The Kier molecular flexibility index (Phi) is 3.91. The summed E-state index contributed by atoms with van der Waals surface area (Å²) in [4.78, 5) is 19.5. The number of halogens is 1. The van der Waals surface area contributed by atoms with Crippen LogP contribution in [0.5, 0.6) is 0 Å². The molecule has 1 aromatic heterocycles. The fourth-order valence-electron chi connectivity index (χ4n) is 1.62. The van der Waals surface area contributed by atoms with Crippen LogP contribution in [0.15, 0.2) is 6.20 Å². The van der Waals surface area contributed by atoms with E-state index in [1.165, 1.54) is 0 Å². The van der Waals surface area contributed by atoms with E-state index in [2.05, 4.69) is 9.97 Å². The maximum atomic E-state index is 11.7. The highest BCUT2D eigenvalue weighted by Crippen LogP contribution is 2.19. The maximum Gasteiger partial charge on any atom is 0.357 e. The normalized spacial score (nSPS) is 15.4. The molecule has 1 fully saturated rings. The first-order chi connectivity index (χ1) is 8.20. The number of carbonyl (C=O) groups is 1. The third-order valence-electron chi connectivity index (χ3n) is 2.52. The summed E-state index contributed by atoms with van der Waals surface area (Å²) in [5.41, 5.74) is 1.03. The number of rotatable bonds is 4. The number of nitrogens with zero attached hydrogens (tertiary/aromatic N) is 2. The Morgan fingerprint density at radius 3 is 3.00 bits per heavy atom. The van der Waals surface area contributed by atoms with Gasteiger partial charge in [-0.2, -0.15) is 0 Å². The Morgan fingerprint density at radius 1 is 1.65 bits per heavy atom. The molecule has 1 aliphatic rings. The molecular formula is C11H13ClN2O3. The SMILES string of the molecule is CCOC(=O)c1nc(Cl)ncc1CC1COC1. The van der Waals surface area contributed by atoms with Gasteiger partial charge < -0.3 is 9.47 Å². The number of esters is 1. The second kappa shape index (κ2) is 5.42. The Balaban J connectivity index is 2.19. The van der Waals surface area contributed by atoms with Crippen LogP contribution in [0.3, 0.4) is 0 Å². The van der Waals surface area contributed by atoms with Crippen LogP contribution in [-0.4, -0.2) is 35.8 Å². The number of carbonyl (C=O) groups excluding carboxylic acids is 1. The Morgan fingerprint density at radius 2 is 2.41 bits per heavy atom. The third kappa shape index (κ3) is 2.92. The van der Waals surface area contributed by atoms with Gasteiger partial charge in [-0.1, -0.05) is 0 Å². The van der Waals surface area contributed by atoms with Gasteiger partial charge in [0.25, 0.3) is 0 Å². The molecule has 0 amide bonds. The van der Waals surface area contributed by atoms with E-state index >= 15 is 0 Å². The lowest BCUT2D eigenvalue weighted by atomic mass is 9.98. The molecule has 0 aromatic carbocycles. The van der Waals surface area contributed by atoms with Crippen molar-refractivity contribution in [1.29, 1.82) is 0 Å². The molecule has 2 heterocycles. The molecule has 0 atom stereocenters. The summed E-state index contributed by atoms with van der Waals surface area (Å²) in [6.45, 7) is 3.49. The largest absolute Gasteiger partial charge is 0.461 e. The van der Waals surface area contributed by atoms with E-state index in [1.807, 2.05) is 0 Å². The molecule has 0 bridgehead atoms. The van der Waals surface area contributed by atoms with Crippen molar-refractivity contribution < 1.29 is 14.3 Å².